The molecule has 20 heavy (non-hydrogen) atoms. The number of hydrogen-bond donors (Lipinski definition) is 0. The highest BCUT2D eigenvalue weighted by Gasteiger charge is 2.28. The number of benzene rings is 1. The molecule has 0 spiro atoms. The third-order valence-corrected chi connectivity index (χ3v) is 3.71. The maximum atomic E-state index is 12.1. The van der Waals surface area contributed by atoms with Crippen LogP contribution >= 0.6 is 12.4 Å². The molecule has 1 aliphatic carbocycles. The third kappa shape index (κ3) is 4.80. The predicted molar refractivity (Wildman–Crippen MR) is 83.4 cm³/mol. The van der Waals surface area contributed by atoms with Gasteiger partial charge < -0.3 is 9.64 Å². The average Bonchev–Trinajstić information content (AvgIpc) is 2.41. The molecule has 4 heteroatoms. The number of carbonyl (C=O) groups excluding carboxylic acids is 1. The van der Waals surface area contributed by atoms with Crippen molar-refractivity contribution in [3.8, 4) is 0 Å². The molecule has 0 aromatic heterocycles. The Hall–Kier alpha value is -1.06. The lowest BCUT2D eigenvalue weighted by Gasteiger charge is -2.32. The predicted octanol–water partition coefficient (Wildman–Crippen LogP) is 3.39. The summed E-state index contributed by atoms with van der Waals surface area (Å²) in [5, 5.41) is 0. The van der Waals surface area contributed by atoms with Crippen molar-refractivity contribution in [1.82, 2.24) is 4.90 Å². The van der Waals surface area contributed by atoms with Crippen molar-refractivity contribution in [3.63, 3.8) is 0 Å². The van der Waals surface area contributed by atoms with E-state index < -0.39 is 0 Å². The van der Waals surface area contributed by atoms with E-state index in [0.717, 1.165) is 25.8 Å². The van der Waals surface area contributed by atoms with Gasteiger partial charge in [-0.15, -0.1) is 12.4 Å². The van der Waals surface area contributed by atoms with Crippen LogP contribution in [0.3, 0.4) is 0 Å². The van der Waals surface area contributed by atoms with Crippen molar-refractivity contribution in [3.05, 3.63) is 35.9 Å². The highest BCUT2D eigenvalue weighted by Crippen LogP contribution is 2.28. The maximum Gasteiger partial charge on any atom is 0.338 e. The molecule has 0 aliphatic heterocycles. The van der Waals surface area contributed by atoms with Crippen LogP contribution in [0.1, 0.15) is 36.0 Å². The summed E-state index contributed by atoms with van der Waals surface area (Å²) in [6, 6.07) is 9.27. The first-order valence-corrected chi connectivity index (χ1v) is 7.07. The second kappa shape index (κ2) is 8.28. The zero-order valence-corrected chi connectivity index (χ0v) is 13.1. The first kappa shape index (κ1) is 17.0. The molecule has 2 atom stereocenters. The van der Waals surface area contributed by atoms with E-state index in [1.54, 1.807) is 0 Å². The minimum atomic E-state index is -0.184. The largest absolute Gasteiger partial charge is 0.458 e. The Morgan fingerprint density at radius 3 is 2.50 bits per heavy atom. The molecule has 1 saturated carbocycles. The number of ether oxygens (including phenoxy) is 1. The molecule has 0 heterocycles. The Balaban J connectivity index is 0.00000200. The monoisotopic (exact) mass is 297 g/mol. The third-order valence-electron chi connectivity index (χ3n) is 3.71. The van der Waals surface area contributed by atoms with Crippen molar-refractivity contribution in [2.24, 2.45) is 5.92 Å². The molecule has 0 N–H and O–H groups in total. The molecule has 0 bridgehead atoms. The van der Waals surface area contributed by atoms with E-state index in [9.17, 15) is 4.79 Å². The molecule has 3 nitrogen and oxygen atoms in total. The molecule has 2 rings (SSSR count). The smallest absolute Gasteiger partial charge is 0.338 e. The van der Waals surface area contributed by atoms with Gasteiger partial charge in [0.2, 0.25) is 0 Å². The first-order valence-electron chi connectivity index (χ1n) is 7.07. The lowest BCUT2D eigenvalue weighted by atomic mass is 9.86. The van der Waals surface area contributed by atoms with E-state index in [4.69, 9.17) is 4.74 Å². The van der Waals surface area contributed by atoms with Crippen molar-refractivity contribution in [2.45, 2.75) is 31.8 Å². The summed E-state index contributed by atoms with van der Waals surface area (Å²) in [4.78, 5) is 14.3. The Morgan fingerprint density at radius 1 is 1.20 bits per heavy atom. The van der Waals surface area contributed by atoms with E-state index in [1.807, 2.05) is 30.3 Å². The zero-order chi connectivity index (χ0) is 13.7. The van der Waals surface area contributed by atoms with Crippen LogP contribution in [-0.4, -0.2) is 37.6 Å². The summed E-state index contributed by atoms with van der Waals surface area (Å²) in [7, 11) is 4.15. The van der Waals surface area contributed by atoms with Gasteiger partial charge in [0.1, 0.15) is 6.10 Å². The van der Waals surface area contributed by atoms with Gasteiger partial charge in [-0.1, -0.05) is 24.6 Å². The number of nitrogens with zero attached hydrogens (tertiary/aromatic N) is 1. The fourth-order valence-corrected chi connectivity index (χ4v) is 2.79. The summed E-state index contributed by atoms with van der Waals surface area (Å²) >= 11 is 0. The first-order chi connectivity index (χ1) is 9.16. The fourth-order valence-electron chi connectivity index (χ4n) is 2.79. The Labute approximate surface area is 127 Å². The Bertz CT molecular complexity index is 408. The molecule has 1 aromatic rings. The van der Waals surface area contributed by atoms with Crippen LogP contribution in [0.4, 0.5) is 0 Å². The summed E-state index contributed by atoms with van der Waals surface area (Å²) in [6.07, 6.45) is 4.64. The minimum absolute atomic E-state index is 0. The van der Waals surface area contributed by atoms with Crippen LogP contribution < -0.4 is 0 Å². The molecule has 0 amide bonds. The standard InChI is InChI=1S/C16H23NO2.ClH/c1-17(2)12-14-10-6-7-11-15(14)19-16(18)13-8-4-3-5-9-13;/h3-5,8-9,14-15H,6-7,10-12H2,1-2H3;1H/t14?,15-;/m1./s1. The van der Waals surface area contributed by atoms with E-state index in [2.05, 4.69) is 19.0 Å². The van der Waals surface area contributed by atoms with E-state index in [0.29, 0.717) is 11.5 Å². The molecule has 0 radical (unpaired) electrons. The second-order valence-electron chi connectivity index (χ2n) is 5.62. The van der Waals surface area contributed by atoms with Crippen molar-refractivity contribution in [1.29, 1.82) is 0 Å². The quantitative estimate of drug-likeness (QED) is 0.798. The minimum Gasteiger partial charge on any atom is -0.458 e. The van der Waals surface area contributed by atoms with Crippen LogP contribution in [-0.2, 0) is 4.74 Å². The number of carbonyl (C=O) groups is 1. The summed E-state index contributed by atoms with van der Waals surface area (Å²) < 4.78 is 5.73. The van der Waals surface area contributed by atoms with Crippen LogP contribution in [0, 0.1) is 5.92 Å². The van der Waals surface area contributed by atoms with E-state index in [-0.39, 0.29) is 24.5 Å². The Kier molecular flexibility index (Phi) is 7.03. The molecule has 0 saturated heterocycles. The molecular weight excluding hydrogens is 274 g/mol. The summed E-state index contributed by atoms with van der Waals surface area (Å²) in [6.45, 7) is 0.993. The van der Waals surface area contributed by atoms with Gasteiger partial charge in [-0.2, -0.15) is 0 Å². The highest BCUT2D eigenvalue weighted by atomic mass is 35.5. The fraction of sp³-hybridized carbons (Fsp3) is 0.562. The van der Waals surface area contributed by atoms with Gasteiger partial charge in [0.25, 0.3) is 0 Å². The highest BCUT2D eigenvalue weighted by molar-refractivity contribution is 5.89. The second-order valence-corrected chi connectivity index (χ2v) is 5.62. The SMILES string of the molecule is CN(C)CC1CCCC[C@H]1OC(=O)c1ccccc1.Cl. The summed E-state index contributed by atoms with van der Waals surface area (Å²) in [5.41, 5.74) is 0.650. The van der Waals surface area contributed by atoms with Gasteiger partial charge in [0, 0.05) is 12.5 Å². The molecule has 1 unspecified atom stereocenters. The van der Waals surface area contributed by atoms with Crippen LogP contribution in [0.2, 0.25) is 0 Å². The normalized spacial score (nSPS) is 22.1. The molecule has 1 aliphatic rings. The summed E-state index contributed by atoms with van der Waals surface area (Å²) in [5.74, 6) is 0.285. The van der Waals surface area contributed by atoms with Crippen molar-refractivity contribution in [2.75, 3.05) is 20.6 Å². The number of hydrogen-bond acceptors (Lipinski definition) is 3. The molecule has 1 aromatic carbocycles. The lowest BCUT2D eigenvalue weighted by molar-refractivity contribution is -0.00324. The topological polar surface area (TPSA) is 29.5 Å². The van der Waals surface area contributed by atoms with Crippen molar-refractivity contribution >= 4 is 18.4 Å². The number of rotatable bonds is 4. The van der Waals surface area contributed by atoms with Gasteiger partial charge >= 0.3 is 5.97 Å². The van der Waals surface area contributed by atoms with Crippen LogP contribution in [0.5, 0.6) is 0 Å². The molecular formula is C16H24ClNO2. The van der Waals surface area contributed by atoms with Crippen LogP contribution in [0.15, 0.2) is 30.3 Å². The number of halogens is 1. The van der Waals surface area contributed by atoms with Gasteiger partial charge in [0.05, 0.1) is 5.56 Å². The number of esters is 1. The van der Waals surface area contributed by atoms with Gasteiger partial charge in [0.15, 0.2) is 0 Å². The van der Waals surface area contributed by atoms with Crippen molar-refractivity contribution < 1.29 is 9.53 Å². The van der Waals surface area contributed by atoms with Gasteiger partial charge in [-0.3, -0.25) is 0 Å². The molecule has 112 valence electrons. The van der Waals surface area contributed by atoms with E-state index >= 15 is 0 Å². The molecule has 1 fully saturated rings. The Morgan fingerprint density at radius 2 is 1.85 bits per heavy atom. The average molecular weight is 298 g/mol. The lowest BCUT2D eigenvalue weighted by Crippen LogP contribution is -2.36. The maximum absolute atomic E-state index is 12.1. The van der Waals surface area contributed by atoms with Gasteiger partial charge in [-0.05, 0) is 45.5 Å². The van der Waals surface area contributed by atoms with Gasteiger partial charge in [-0.25, -0.2) is 4.79 Å². The van der Waals surface area contributed by atoms with Crippen LogP contribution in [0.25, 0.3) is 0 Å². The van der Waals surface area contributed by atoms with E-state index in [1.165, 1.54) is 6.42 Å². The zero-order valence-electron chi connectivity index (χ0n) is 12.2.